The molecule has 4 N–H and O–H groups in total. The van der Waals surface area contributed by atoms with Gasteiger partial charge in [0.2, 0.25) is 5.91 Å². The number of nitrogens with one attached hydrogen (secondary N) is 1. The highest BCUT2D eigenvalue weighted by Gasteiger charge is 2.28. The molecule has 186 valence electrons. The summed E-state index contributed by atoms with van der Waals surface area (Å²) in [6, 6.07) is 12.3. The van der Waals surface area contributed by atoms with Crippen molar-refractivity contribution in [2.45, 2.75) is 19.4 Å². The Hall–Kier alpha value is -4.73. The van der Waals surface area contributed by atoms with E-state index >= 15 is 0 Å². The number of hydrogen-bond donors (Lipinski definition) is 3. The smallest absolute Gasteiger partial charge is 0.250 e. The molecular weight excluding hydrogens is 473 g/mol. The molecule has 1 aliphatic rings. The number of para-hydroxylation sites is 1. The zero-order valence-electron chi connectivity index (χ0n) is 19.9. The molecule has 9 nitrogen and oxygen atoms in total. The van der Waals surface area contributed by atoms with E-state index in [4.69, 9.17) is 10.8 Å². The van der Waals surface area contributed by atoms with Crippen molar-refractivity contribution >= 4 is 39.3 Å². The largest absolute Gasteiger partial charge is 0.505 e. The van der Waals surface area contributed by atoms with Gasteiger partial charge in [-0.1, -0.05) is 24.8 Å². The van der Waals surface area contributed by atoms with Crippen LogP contribution in [0.25, 0.3) is 33.3 Å². The summed E-state index contributed by atoms with van der Waals surface area (Å²) in [6.07, 6.45) is 4.34. The van der Waals surface area contributed by atoms with Crippen LogP contribution in [0.2, 0.25) is 0 Å². The molecule has 0 bridgehead atoms. The Morgan fingerprint density at radius 3 is 2.95 bits per heavy atom. The fourth-order valence-electron chi connectivity index (χ4n) is 5.14. The summed E-state index contributed by atoms with van der Waals surface area (Å²) >= 11 is 0. The van der Waals surface area contributed by atoms with Crippen LogP contribution >= 0.6 is 0 Å². The van der Waals surface area contributed by atoms with E-state index < -0.39 is 11.6 Å². The summed E-state index contributed by atoms with van der Waals surface area (Å²) in [7, 11) is 0. The van der Waals surface area contributed by atoms with Gasteiger partial charge in [-0.05, 0) is 48.6 Å². The Balaban J connectivity index is 1.34. The molecule has 0 radical (unpaired) electrons. The lowest BCUT2D eigenvalue weighted by Gasteiger charge is -2.34. The first-order valence-corrected chi connectivity index (χ1v) is 11.9. The number of aromatic hydroxyl groups is 1. The van der Waals surface area contributed by atoms with Crippen LogP contribution in [0.1, 0.15) is 12.0 Å². The van der Waals surface area contributed by atoms with E-state index in [9.17, 15) is 14.3 Å². The number of rotatable bonds is 5. The first-order valence-electron chi connectivity index (χ1n) is 11.9. The van der Waals surface area contributed by atoms with Gasteiger partial charge in [-0.2, -0.15) is 5.10 Å². The van der Waals surface area contributed by atoms with Gasteiger partial charge in [-0.15, -0.1) is 0 Å². The van der Waals surface area contributed by atoms with E-state index in [1.165, 1.54) is 24.5 Å². The zero-order valence-corrected chi connectivity index (χ0v) is 19.9. The molecule has 2 aromatic carbocycles. The highest BCUT2D eigenvalue weighted by atomic mass is 19.1. The van der Waals surface area contributed by atoms with Gasteiger partial charge in [-0.3, -0.25) is 4.79 Å². The molecule has 5 aromatic rings. The summed E-state index contributed by atoms with van der Waals surface area (Å²) in [6.45, 7) is 4.79. The third-order valence-electron chi connectivity index (χ3n) is 6.92. The van der Waals surface area contributed by atoms with Crippen LogP contribution in [0, 0.1) is 11.7 Å². The number of aromatic amines is 1. The minimum Gasteiger partial charge on any atom is -0.505 e. The number of fused-ring (bicyclic) bond motifs is 3. The second-order valence-corrected chi connectivity index (χ2v) is 9.24. The fourth-order valence-corrected chi connectivity index (χ4v) is 5.14. The molecule has 0 aliphatic carbocycles. The standard InChI is InChI=1S/C27H24FN7O2/c1-2-23(37)34-13-15(9-16-5-3-4-6-21(16)34)7-8-35-27-24(26(29)30-14-31-27)25(33-35)20-10-17-11-22(36)18(28)12-19(17)32-20/h2-6,10-12,14-15,32,36H,1,7-9,13H2,(H2,29,30,31). The molecule has 1 unspecified atom stereocenters. The number of carbonyl (C=O) groups is 1. The molecule has 1 amide bonds. The van der Waals surface area contributed by atoms with Gasteiger partial charge in [0, 0.05) is 35.7 Å². The molecule has 37 heavy (non-hydrogen) atoms. The lowest BCUT2D eigenvalue weighted by Crippen LogP contribution is -2.39. The number of halogens is 1. The van der Waals surface area contributed by atoms with Gasteiger partial charge in [0.05, 0.1) is 11.1 Å². The number of benzene rings is 2. The van der Waals surface area contributed by atoms with Crippen LogP contribution in [-0.2, 0) is 17.8 Å². The minimum atomic E-state index is -0.711. The number of nitrogens with two attached hydrogens (primary N) is 1. The van der Waals surface area contributed by atoms with Crippen LogP contribution < -0.4 is 10.6 Å². The van der Waals surface area contributed by atoms with E-state index in [0.717, 1.165) is 24.1 Å². The van der Waals surface area contributed by atoms with Crippen molar-refractivity contribution in [3.63, 3.8) is 0 Å². The highest BCUT2D eigenvalue weighted by Crippen LogP contribution is 2.35. The van der Waals surface area contributed by atoms with Gasteiger partial charge >= 0.3 is 0 Å². The van der Waals surface area contributed by atoms with Gasteiger partial charge < -0.3 is 20.7 Å². The molecule has 0 saturated carbocycles. The number of H-pyrrole nitrogens is 1. The third kappa shape index (κ3) is 3.86. The number of nitrogens with zero attached hydrogens (tertiary/aromatic N) is 5. The first-order chi connectivity index (χ1) is 17.9. The van der Waals surface area contributed by atoms with Crippen LogP contribution in [0.15, 0.2) is 61.4 Å². The number of anilines is 2. The Morgan fingerprint density at radius 2 is 2.11 bits per heavy atom. The number of amides is 1. The van der Waals surface area contributed by atoms with E-state index in [2.05, 4.69) is 27.6 Å². The highest BCUT2D eigenvalue weighted by molar-refractivity contribution is 6.02. The maximum absolute atomic E-state index is 13.9. The molecule has 3 aromatic heterocycles. The summed E-state index contributed by atoms with van der Waals surface area (Å²) in [5, 5.41) is 15.8. The molecule has 6 rings (SSSR count). The number of nitrogen functional groups attached to an aromatic ring is 1. The van der Waals surface area contributed by atoms with Gasteiger partial charge in [0.25, 0.3) is 0 Å². The van der Waals surface area contributed by atoms with Crippen molar-refractivity contribution in [1.29, 1.82) is 0 Å². The second kappa shape index (κ2) is 8.74. The topological polar surface area (TPSA) is 126 Å². The number of phenolic OH excluding ortho intramolecular Hbond substituents is 1. The zero-order chi connectivity index (χ0) is 25.7. The van der Waals surface area contributed by atoms with E-state index in [-0.39, 0.29) is 17.6 Å². The number of hydrogen-bond acceptors (Lipinski definition) is 6. The van der Waals surface area contributed by atoms with Crippen molar-refractivity contribution in [2.24, 2.45) is 5.92 Å². The predicted octanol–water partition coefficient (Wildman–Crippen LogP) is 4.18. The number of carbonyl (C=O) groups excluding carboxylic acids is 1. The van der Waals surface area contributed by atoms with E-state index in [1.807, 2.05) is 18.2 Å². The first kappa shape index (κ1) is 22.7. The van der Waals surface area contributed by atoms with Crippen molar-refractivity contribution in [3.8, 4) is 17.1 Å². The molecule has 0 fully saturated rings. The number of aromatic nitrogens is 5. The maximum atomic E-state index is 13.9. The quantitative estimate of drug-likeness (QED) is 0.313. The lowest BCUT2D eigenvalue weighted by molar-refractivity contribution is -0.114. The molecule has 0 spiro atoms. The van der Waals surface area contributed by atoms with Crippen molar-refractivity contribution in [3.05, 3.63) is 72.8 Å². The maximum Gasteiger partial charge on any atom is 0.250 e. The van der Waals surface area contributed by atoms with Crippen LogP contribution in [-0.4, -0.2) is 42.3 Å². The van der Waals surface area contributed by atoms with Crippen LogP contribution in [0.3, 0.4) is 0 Å². The Bertz CT molecular complexity index is 1650. The molecule has 0 saturated heterocycles. The third-order valence-corrected chi connectivity index (χ3v) is 6.92. The van der Waals surface area contributed by atoms with Crippen LogP contribution in [0.5, 0.6) is 5.75 Å². The molecule has 4 heterocycles. The van der Waals surface area contributed by atoms with E-state index in [0.29, 0.717) is 46.4 Å². The van der Waals surface area contributed by atoms with Crippen molar-refractivity contribution < 1.29 is 14.3 Å². The Morgan fingerprint density at radius 1 is 1.27 bits per heavy atom. The fraction of sp³-hybridized carbons (Fsp3) is 0.185. The molecule has 1 aliphatic heterocycles. The molecule has 1 atom stereocenters. The summed E-state index contributed by atoms with van der Waals surface area (Å²) in [4.78, 5) is 26.1. The van der Waals surface area contributed by atoms with E-state index in [1.54, 1.807) is 15.6 Å². The SMILES string of the molecule is C=CC(=O)N1CC(CCn2nc(-c3cc4cc(O)c(F)cc4[nH]3)c3c(N)ncnc32)Cc2ccccc21. The van der Waals surface area contributed by atoms with Gasteiger partial charge in [0.15, 0.2) is 17.2 Å². The van der Waals surface area contributed by atoms with Crippen LogP contribution in [0.4, 0.5) is 15.9 Å². The predicted molar refractivity (Wildman–Crippen MR) is 139 cm³/mol. The van der Waals surface area contributed by atoms with Gasteiger partial charge in [-0.25, -0.2) is 19.0 Å². The van der Waals surface area contributed by atoms with Gasteiger partial charge in [0.1, 0.15) is 17.8 Å². The monoisotopic (exact) mass is 497 g/mol. The average molecular weight is 498 g/mol. The normalized spacial score (nSPS) is 15.3. The van der Waals surface area contributed by atoms with Crippen molar-refractivity contribution in [2.75, 3.05) is 17.2 Å². The Labute approximate surface area is 211 Å². The summed E-state index contributed by atoms with van der Waals surface area (Å²) in [5.41, 5.74) is 10.6. The average Bonchev–Trinajstić information content (AvgIpc) is 3.48. The second-order valence-electron chi connectivity index (χ2n) is 9.24. The number of phenols is 1. The molecule has 10 heteroatoms. The molecular formula is C27H24FN7O2. The van der Waals surface area contributed by atoms with Crippen molar-refractivity contribution in [1.82, 2.24) is 24.7 Å². The number of aryl methyl sites for hydroxylation is 1. The summed E-state index contributed by atoms with van der Waals surface area (Å²) in [5.74, 6) is -0.759. The lowest BCUT2D eigenvalue weighted by atomic mass is 9.90. The minimum absolute atomic E-state index is 0.120. The summed E-state index contributed by atoms with van der Waals surface area (Å²) < 4.78 is 15.7. The Kier molecular flexibility index (Phi) is 5.36.